The summed E-state index contributed by atoms with van der Waals surface area (Å²) in [7, 11) is 1.32. The molecule has 0 heterocycles. The molecule has 0 saturated carbocycles. The number of nitrogens with zero attached hydrogens (tertiary/aromatic N) is 1. The van der Waals surface area contributed by atoms with Crippen molar-refractivity contribution in [3.05, 3.63) is 12.7 Å². The summed E-state index contributed by atoms with van der Waals surface area (Å²) in [5, 5.41) is 8.08. The Bertz CT molecular complexity index is 168. The third-order valence-corrected chi connectivity index (χ3v) is 0.749. The van der Waals surface area contributed by atoms with Crippen molar-refractivity contribution in [2.24, 2.45) is 5.73 Å². The van der Waals surface area contributed by atoms with Gasteiger partial charge in [0.05, 0.1) is 0 Å². The van der Waals surface area contributed by atoms with Gasteiger partial charge in [0, 0.05) is 7.05 Å². The van der Waals surface area contributed by atoms with Gasteiger partial charge in [-0.1, -0.05) is 6.08 Å². The zero-order valence-electron chi connectivity index (χ0n) is 7.28. The third kappa shape index (κ3) is 11.3. The van der Waals surface area contributed by atoms with E-state index in [-0.39, 0.29) is 6.54 Å². The lowest BCUT2D eigenvalue weighted by Crippen LogP contribution is -2.35. The molecule has 0 fully saturated rings. The number of amides is 2. The van der Waals surface area contributed by atoms with E-state index in [1.807, 2.05) is 6.92 Å². The van der Waals surface area contributed by atoms with E-state index >= 15 is 0 Å². The second-order valence-corrected chi connectivity index (χ2v) is 2.00. The molecule has 0 aromatic rings. The maximum absolute atomic E-state index is 10.1. The van der Waals surface area contributed by atoms with E-state index in [1.54, 1.807) is 6.08 Å². The summed E-state index contributed by atoms with van der Waals surface area (Å²) in [4.78, 5) is 20.9. The molecule has 70 valence electrons. The summed E-state index contributed by atoms with van der Waals surface area (Å²) in [6.07, 6.45) is 1.75. The van der Waals surface area contributed by atoms with Crippen LogP contribution in [0.15, 0.2) is 12.7 Å². The molecule has 0 bridgehead atoms. The molecule has 3 N–H and O–H groups in total. The standard InChI is InChI=1S/C4H8N2O3.C3H6/c1-6(4(5)9)2-3(7)8;1-3-2/h2H2,1H3,(H2,5,9)(H,7,8);3H,1H2,2H3. The van der Waals surface area contributed by atoms with Crippen LogP contribution in [0, 0.1) is 0 Å². The van der Waals surface area contributed by atoms with Crippen molar-refractivity contribution in [3.63, 3.8) is 0 Å². The molecule has 0 rings (SSSR count). The van der Waals surface area contributed by atoms with Crippen LogP contribution in [0.2, 0.25) is 0 Å². The monoisotopic (exact) mass is 174 g/mol. The molecule has 0 unspecified atom stereocenters. The lowest BCUT2D eigenvalue weighted by molar-refractivity contribution is -0.137. The zero-order valence-corrected chi connectivity index (χ0v) is 7.28. The van der Waals surface area contributed by atoms with Gasteiger partial charge in [0.25, 0.3) is 0 Å². The first-order valence-corrected chi connectivity index (χ1v) is 3.25. The molecule has 0 spiro atoms. The number of nitrogens with two attached hydrogens (primary N) is 1. The predicted octanol–water partition coefficient (Wildman–Crippen LogP) is 0.274. The molecule has 0 radical (unpaired) electrons. The Morgan fingerprint density at radius 2 is 2.00 bits per heavy atom. The fourth-order valence-electron chi connectivity index (χ4n) is 0.281. The highest BCUT2D eigenvalue weighted by Crippen LogP contribution is 1.78. The van der Waals surface area contributed by atoms with Crippen LogP contribution in [0.4, 0.5) is 4.79 Å². The maximum atomic E-state index is 10.1. The predicted molar refractivity (Wildman–Crippen MR) is 45.7 cm³/mol. The topological polar surface area (TPSA) is 83.6 Å². The van der Waals surface area contributed by atoms with Gasteiger partial charge in [0.1, 0.15) is 6.54 Å². The minimum Gasteiger partial charge on any atom is -0.480 e. The number of urea groups is 1. The molecular weight excluding hydrogens is 160 g/mol. The summed E-state index contributed by atoms with van der Waals surface area (Å²) in [5.41, 5.74) is 4.71. The third-order valence-electron chi connectivity index (χ3n) is 0.749. The highest BCUT2D eigenvalue weighted by Gasteiger charge is 2.05. The minimum atomic E-state index is -1.07. The number of allylic oxidation sites excluding steroid dienone is 1. The van der Waals surface area contributed by atoms with Gasteiger partial charge in [0.2, 0.25) is 0 Å². The van der Waals surface area contributed by atoms with Gasteiger partial charge in [-0.05, 0) is 6.92 Å². The van der Waals surface area contributed by atoms with Gasteiger partial charge in [-0.15, -0.1) is 6.58 Å². The highest BCUT2D eigenvalue weighted by molar-refractivity contribution is 5.78. The first-order chi connectivity index (χ1) is 5.45. The largest absolute Gasteiger partial charge is 0.480 e. The number of carbonyl (C=O) groups excluding carboxylic acids is 1. The fraction of sp³-hybridized carbons (Fsp3) is 0.429. The zero-order chi connectivity index (χ0) is 10.1. The maximum Gasteiger partial charge on any atom is 0.323 e. The lowest BCUT2D eigenvalue weighted by Gasteiger charge is -2.08. The molecule has 5 nitrogen and oxygen atoms in total. The van der Waals surface area contributed by atoms with Crippen molar-refractivity contribution in [2.45, 2.75) is 6.92 Å². The van der Waals surface area contributed by atoms with Crippen molar-refractivity contribution >= 4 is 12.0 Å². The summed E-state index contributed by atoms with van der Waals surface area (Å²) in [6.45, 7) is 4.90. The number of carboxylic acids is 1. The molecule has 0 atom stereocenters. The average Bonchev–Trinajstić information content (AvgIpc) is 1.87. The van der Waals surface area contributed by atoms with Crippen LogP contribution in [0.1, 0.15) is 6.92 Å². The van der Waals surface area contributed by atoms with Gasteiger partial charge >= 0.3 is 12.0 Å². The van der Waals surface area contributed by atoms with Crippen LogP contribution >= 0.6 is 0 Å². The van der Waals surface area contributed by atoms with Crippen LogP contribution < -0.4 is 5.73 Å². The van der Waals surface area contributed by atoms with E-state index in [9.17, 15) is 9.59 Å². The Hall–Kier alpha value is -1.52. The molecule has 0 aliphatic rings. The van der Waals surface area contributed by atoms with E-state index in [1.165, 1.54) is 7.05 Å². The molecule has 0 aliphatic heterocycles. The first kappa shape index (κ1) is 13.1. The Morgan fingerprint density at radius 1 is 1.67 bits per heavy atom. The van der Waals surface area contributed by atoms with E-state index in [4.69, 9.17) is 10.8 Å². The highest BCUT2D eigenvalue weighted by atomic mass is 16.4. The summed E-state index contributed by atoms with van der Waals surface area (Å²) in [6, 6.07) is -0.739. The molecular formula is C7H14N2O3. The van der Waals surface area contributed by atoms with Gasteiger partial charge in [-0.2, -0.15) is 0 Å². The van der Waals surface area contributed by atoms with Crippen LogP contribution in [0.25, 0.3) is 0 Å². The second-order valence-electron chi connectivity index (χ2n) is 2.00. The number of hydrogen-bond acceptors (Lipinski definition) is 2. The molecule has 0 aliphatic carbocycles. The quantitative estimate of drug-likeness (QED) is 0.589. The first-order valence-electron chi connectivity index (χ1n) is 3.25. The smallest absolute Gasteiger partial charge is 0.323 e. The van der Waals surface area contributed by atoms with E-state index < -0.39 is 12.0 Å². The Morgan fingerprint density at radius 3 is 2.08 bits per heavy atom. The van der Waals surface area contributed by atoms with Crippen LogP contribution in [-0.4, -0.2) is 35.6 Å². The van der Waals surface area contributed by atoms with Crippen molar-refractivity contribution < 1.29 is 14.7 Å². The SMILES string of the molecule is C=CC.CN(CC(=O)O)C(N)=O. The lowest BCUT2D eigenvalue weighted by atomic mass is 10.6. The number of carbonyl (C=O) groups is 2. The van der Waals surface area contributed by atoms with Crippen molar-refractivity contribution in [3.8, 4) is 0 Å². The van der Waals surface area contributed by atoms with Gasteiger partial charge in [-0.3, -0.25) is 4.79 Å². The van der Waals surface area contributed by atoms with E-state index in [0.29, 0.717) is 0 Å². The van der Waals surface area contributed by atoms with Crippen molar-refractivity contribution in [1.29, 1.82) is 0 Å². The normalized spacial score (nSPS) is 7.50. The Labute approximate surface area is 71.5 Å². The van der Waals surface area contributed by atoms with Gasteiger partial charge < -0.3 is 15.7 Å². The fourth-order valence-corrected chi connectivity index (χ4v) is 0.281. The average molecular weight is 174 g/mol. The molecule has 0 aromatic carbocycles. The van der Waals surface area contributed by atoms with Crippen LogP contribution in [0.3, 0.4) is 0 Å². The summed E-state index contributed by atoms with van der Waals surface area (Å²) < 4.78 is 0. The number of primary amides is 1. The molecule has 2 amide bonds. The van der Waals surface area contributed by atoms with Gasteiger partial charge in [0.15, 0.2) is 0 Å². The molecule has 0 saturated heterocycles. The second kappa shape index (κ2) is 7.59. The van der Waals surface area contributed by atoms with Crippen molar-refractivity contribution in [2.75, 3.05) is 13.6 Å². The van der Waals surface area contributed by atoms with Gasteiger partial charge in [-0.25, -0.2) is 4.79 Å². The summed E-state index contributed by atoms with van der Waals surface area (Å²) in [5.74, 6) is -1.07. The summed E-state index contributed by atoms with van der Waals surface area (Å²) >= 11 is 0. The van der Waals surface area contributed by atoms with Crippen LogP contribution in [-0.2, 0) is 4.79 Å². The number of likely N-dealkylation sites (N-methyl/N-ethyl adjacent to an activating group) is 1. The Balaban J connectivity index is 0. The Kier molecular flexibility index (Phi) is 8.28. The van der Waals surface area contributed by atoms with E-state index in [0.717, 1.165) is 4.90 Å². The number of hydrogen-bond donors (Lipinski definition) is 2. The minimum absolute atomic E-state index is 0.352. The van der Waals surface area contributed by atoms with E-state index in [2.05, 4.69) is 6.58 Å². The number of aliphatic carboxylic acids is 1. The molecule has 0 aromatic heterocycles. The molecule has 12 heavy (non-hydrogen) atoms. The number of rotatable bonds is 2. The van der Waals surface area contributed by atoms with Crippen molar-refractivity contribution in [1.82, 2.24) is 4.90 Å². The number of carboxylic acid groups (broad SMARTS) is 1. The molecule has 5 heteroatoms. The van der Waals surface area contributed by atoms with Crippen LogP contribution in [0.5, 0.6) is 0 Å².